The van der Waals surface area contributed by atoms with E-state index in [1.54, 1.807) is 12.1 Å². The highest BCUT2D eigenvalue weighted by atomic mass is 19.1. The van der Waals surface area contributed by atoms with Crippen molar-refractivity contribution < 1.29 is 23.5 Å². The number of carbonyl (C=O) groups is 2. The molecule has 0 unspecified atom stereocenters. The number of nitrogens with zero attached hydrogens (tertiary/aromatic N) is 1. The first kappa shape index (κ1) is 27.9. The first-order chi connectivity index (χ1) is 18.3. The van der Waals surface area contributed by atoms with Crippen LogP contribution in [0.2, 0.25) is 0 Å². The van der Waals surface area contributed by atoms with Crippen molar-refractivity contribution in [3.05, 3.63) is 59.9 Å². The number of rotatable bonds is 6. The molecule has 0 saturated carbocycles. The van der Waals surface area contributed by atoms with Crippen molar-refractivity contribution >= 4 is 11.8 Å². The maximum atomic E-state index is 13.8. The number of para-hydroxylation sites is 1. The Morgan fingerprint density at radius 1 is 1.11 bits per heavy atom. The SMILES string of the molecule is CC(C)C[C@H]1COc2ccccc2CCCCC2(CCN(C(=O)CCOc3ccc(F)cc3)CC2)C(=O)N1. The maximum Gasteiger partial charge on any atom is 0.226 e. The highest BCUT2D eigenvalue weighted by Gasteiger charge is 2.42. The molecule has 0 radical (unpaired) electrons. The lowest BCUT2D eigenvalue weighted by Crippen LogP contribution is -2.53. The summed E-state index contributed by atoms with van der Waals surface area (Å²) in [5.41, 5.74) is 0.759. The van der Waals surface area contributed by atoms with E-state index in [1.807, 2.05) is 17.0 Å². The van der Waals surface area contributed by atoms with Gasteiger partial charge in [0.2, 0.25) is 11.8 Å². The number of carbonyl (C=O) groups excluding carboxylic acids is 2. The Labute approximate surface area is 225 Å². The third-order valence-electron chi connectivity index (χ3n) is 7.81. The number of hydrogen-bond acceptors (Lipinski definition) is 4. The van der Waals surface area contributed by atoms with Gasteiger partial charge in [-0.15, -0.1) is 0 Å². The zero-order valence-corrected chi connectivity index (χ0v) is 22.7. The molecule has 0 aromatic heterocycles. The Kier molecular flexibility index (Phi) is 9.64. The van der Waals surface area contributed by atoms with Gasteiger partial charge in [-0.05, 0) is 80.3 Å². The second kappa shape index (κ2) is 13.1. The lowest BCUT2D eigenvalue weighted by atomic mass is 9.73. The van der Waals surface area contributed by atoms with Gasteiger partial charge in [-0.3, -0.25) is 9.59 Å². The third-order valence-corrected chi connectivity index (χ3v) is 7.81. The topological polar surface area (TPSA) is 67.9 Å². The van der Waals surface area contributed by atoms with Gasteiger partial charge in [0.15, 0.2) is 0 Å². The molecule has 2 aliphatic heterocycles. The number of ether oxygens (including phenoxy) is 2. The Balaban J connectivity index is 1.37. The Morgan fingerprint density at radius 3 is 2.58 bits per heavy atom. The molecule has 7 heteroatoms. The van der Waals surface area contributed by atoms with Crippen LogP contribution in [0.5, 0.6) is 11.5 Å². The molecule has 1 spiro atoms. The zero-order valence-electron chi connectivity index (χ0n) is 22.7. The molecule has 1 atom stereocenters. The first-order valence-electron chi connectivity index (χ1n) is 14.0. The monoisotopic (exact) mass is 524 g/mol. The predicted octanol–water partition coefficient (Wildman–Crippen LogP) is 5.54. The summed E-state index contributed by atoms with van der Waals surface area (Å²) in [6.45, 7) is 6.15. The number of amides is 2. The fourth-order valence-corrected chi connectivity index (χ4v) is 5.62. The van der Waals surface area contributed by atoms with Crippen molar-refractivity contribution in [1.82, 2.24) is 10.2 Å². The maximum absolute atomic E-state index is 13.8. The van der Waals surface area contributed by atoms with Crippen LogP contribution < -0.4 is 14.8 Å². The van der Waals surface area contributed by atoms with Crippen molar-refractivity contribution in [3.8, 4) is 11.5 Å². The van der Waals surface area contributed by atoms with E-state index >= 15 is 0 Å². The first-order valence-corrected chi connectivity index (χ1v) is 14.0. The third kappa shape index (κ3) is 7.49. The predicted molar refractivity (Wildman–Crippen MR) is 146 cm³/mol. The summed E-state index contributed by atoms with van der Waals surface area (Å²) in [6, 6.07) is 13.9. The van der Waals surface area contributed by atoms with Crippen LogP contribution in [0, 0.1) is 17.2 Å². The molecule has 4 rings (SSSR count). The van der Waals surface area contributed by atoms with E-state index in [2.05, 4.69) is 31.3 Å². The molecular weight excluding hydrogens is 483 g/mol. The van der Waals surface area contributed by atoms with Crippen molar-refractivity contribution in [2.24, 2.45) is 11.3 Å². The molecular formula is C31H41FN2O4. The summed E-state index contributed by atoms with van der Waals surface area (Å²) in [5, 5.41) is 3.34. The standard InChI is InChI=1S/C31H41FN2O4/c1-23(2)21-26-22-38-28-9-4-3-7-24(28)8-5-6-15-31(30(36)33-26)16-18-34(19-17-31)29(35)14-20-37-27-12-10-25(32)11-13-27/h3-4,7,9-13,23,26H,5-6,8,14-22H2,1-2H3,(H,33,36)/t26-/m0/s1. The average molecular weight is 525 g/mol. The average Bonchev–Trinajstić information content (AvgIpc) is 2.90. The van der Waals surface area contributed by atoms with E-state index in [1.165, 1.54) is 17.7 Å². The fraction of sp³-hybridized carbons (Fsp3) is 0.548. The lowest BCUT2D eigenvalue weighted by Gasteiger charge is -2.42. The summed E-state index contributed by atoms with van der Waals surface area (Å²) in [4.78, 5) is 28.5. The van der Waals surface area contributed by atoms with Gasteiger partial charge in [-0.2, -0.15) is 0 Å². The van der Waals surface area contributed by atoms with Crippen molar-refractivity contribution in [1.29, 1.82) is 0 Å². The minimum absolute atomic E-state index is 0.0261. The van der Waals surface area contributed by atoms with Crippen molar-refractivity contribution in [2.45, 2.75) is 71.3 Å². The van der Waals surface area contributed by atoms with Crippen molar-refractivity contribution in [3.63, 3.8) is 0 Å². The number of likely N-dealkylation sites (tertiary alicyclic amines) is 1. The van der Waals surface area contributed by atoms with Crippen LogP contribution in [0.15, 0.2) is 48.5 Å². The highest BCUT2D eigenvalue weighted by molar-refractivity contribution is 5.84. The lowest BCUT2D eigenvalue weighted by molar-refractivity contribution is -0.142. The number of halogens is 1. The molecule has 1 N–H and O–H groups in total. The van der Waals surface area contributed by atoms with Gasteiger partial charge in [-0.25, -0.2) is 4.39 Å². The van der Waals surface area contributed by atoms with Gasteiger partial charge in [0.05, 0.1) is 24.5 Å². The van der Waals surface area contributed by atoms with E-state index in [0.717, 1.165) is 37.9 Å². The number of hydrogen-bond donors (Lipinski definition) is 1. The second-order valence-corrected chi connectivity index (χ2v) is 11.1. The summed E-state index contributed by atoms with van der Waals surface area (Å²) >= 11 is 0. The summed E-state index contributed by atoms with van der Waals surface area (Å²) in [7, 11) is 0. The normalized spacial score (nSPS) is 20.1. The number of benzene rings is 2. The smallest absolute Gasteiger partial charge is 0.226 e. The summed E-state index contributed by atoms with van der Waals surface area (Å²) in [5.74, 6) is 1.70. The molecule has 6 nitrogen and oxygen atoms in total. The minimum atomic E-state index is -0.463. The Hall–Kier alpha value is -3.09. The van der Waals surface area contributed by atoms with Crippen molar-refractivity contribution in [2.75, 3.05) is 26.3 Å². The van der Waals surface area contributed by atoms with E-state index < -0.39 is 5.41 Å². The van der Waals surface area contributed by atoms with Crippen LogP contribution in [0.4, 0.5) is 4.39 Å². The van der Waals surface area contributed by atoms with Crippen LogP contribution in [0.3, 0.4) is 0 Å². The molecule has 2 amide bonds. The molecule has 0 aliphatic carbocycles. The molecule has 1 fully saturated rings. The van der Waals surface area contributed by atoms with Crippen LogP contribution in [0.25, 0.3) is 0 Å². The van der Waals surface area contributed by atoms with E-state index in [4.69, 9.17) is 9.47 Å². The number of fused-ring (bicyclic) bond motifs is 1. The van der Waals surface area contributed by atoms with Crippen LogP contribution in [0.1, 0.15) is 64.4 Å². The molecule has 0 bridgehead atoms. The van der Waals surface area contributed by atoms with Gasteiger partial charge in [0.25, 0.3) is 0 Å². The summed E-state index contributed by atoms with van der Waals surface area (Å²) in [6.07, 6.45) is 6.13. The molecule has 206 valence electrons. The molecule has 2 aliphatic rings. The van der Waals surface area contributed by atoms with Gasteiger partial charge >= 0.3 is 0 Å². The van der Waals surface area contributed by atoms with Crippen LogP contribution >= 0.6 is 0 Å². The Bertz CT molecular complexity index is 1060. The minimum Gasteiger partial charge on any atom is -0.493 e. The molecule has 2 aromatic rings. The van der Waals surface area contributed by atoms with E-state index in [9.17, 15) is 14.0 Å². The highest BCUT2D eigenvalue weighted by Crippen LogP contribution is 2.38. The van der Waals surface area contributed by atoms with Gasteiger partial charge in [0.1, 0.15) is 23.9 Å². The number of aryl methyl sites for hydroxylation is 1. The van der Waals surface area contributed by atoms with E-state index in [0.29, 0.717) is 44.2 Å². The zero-order chi connectivity index (χ0) is 27.0. The molecule has 2 heterocycles. The van der Waals surface area contributed by atoms with Gasteiger partial charge in [-0.1, -0.05) is 38.5 Å². The number of nitrogens with one attached hydrogen (secondary N) is 1. The second-order valence-electron chi connectivity index (χ2n) is 11.1. The van der Waals surface area contributed by atoms with Gasteiger partial charge in [0, 0.05) is 13.1 Å². The van der Waals surface area contributed by atoms with Crippen LogP contribution in [-0.4, -0.2) is 49.1 Å². The largest absolute Gasteiger partial charge is 0.493 e. The molecule has 1 saturated heterocycles. The van der Waals surface area contributed by atoms with E-state index in [-0.39, 0.29) is 36.7 Å². The number of piperidine rings is 1. The fourth-order valence-electron chi connectivity index (χ4n) is 5.62. The quantitative estimate of drug-likeness (QED) is 0.539. The van der Waals surface area contributed by atoms with Crippen LogP contribution in [-0.2, 0) is 16.0 Å². The molecule has 38 heavy (non-hydrogen) atoms. The Morgan fingerprint density at radius 2 is 1.84 bits per heavy atom. The molecule has 2 aromatic carbocycles. The summed E-state index contributed by atoms with van der Waals surface area (Å²) < 4.78 is 24.9. The van der Waals surface area contributed by atoms with Gasteiger partial charge < -0.3 is 19.7 Å².